The molecule has 1 aromatic carbocycles. The lowest BCUT2D eigenvalue weighted by atomic mass is 10.2. The number of halogens is 1. The van der Waals surface area contributed by atoms with Crippen LogP contribution >= 0.6 is 0 Å². The molecule has 0 spiro atoms. The average molecular weight is 418 g/mol. The first-order valence-electron chi connectivity index (χ1n) is 9.05. The zero-order valence-corrected chi connectivity index (χ0v) is 17.5. The van der Waals surface area contributed by atoms with Crippen molar-refractivity contribution in [3.8, 4) is 5.82 Å². The summed E-state index contributed by atoms with van der Waals surface area (Å²) in [6.07, 6.45) is 0. The lowest BCUT2D eigenvalue weighted by molar-refractivity contribution is 0.581. The molecule has 3 aromatic rings. The number of hydrogen-bond donors (Lipinski definition) is 2. The van der Waals surface area contributed by atoms with E-state index in [-0.39, 0.29) is 11.4 Å². The van der Waals surface area contributed by atoms with Gasteiger partial charge in [0, 0.05) is 24.8 Å². The van der Waals surface area contributed by atoms with Gasteiger partial charge in [-0.3, -0.25) is 0 Å². The Labute approximate surface area is 169 Å². The van der Waals surface area contributed by atoms with Crippen LogP contribution in [0, 0.1) is 33.5 Å². The molecule has 154 valence electrons. The van der Waals surface area contributed by atoms with Crippen LogP contribution < -0.4 is 10.0 Å². The highest BCUT2D eigenvalue weighted by molar-refractivity contribution is 7.89. The van der Waals surface area contributed by atoms with Crippen LogP contribution in [0.5, 0.6) is 0 Å². The van der Waals surface area contributed by atoms with Gasteiger partial charge in [0.05, 0.1) is 10.6 Å². The van der Waals surface area contributed by atoms with Gasteiger partial charge in [-0.2, -0.15) is 5.10 Å². The molecule has 0 amide bonds. The quantitative estimate of drug-likeness (QED) is 0.572. The lowest BCUT2D eigenvalue weighted by Crippen LogP contribution is -2.29. The van der Waals surface area contributed by atoms with Gasteiger partial charge in [-0.05, 0) is 57.5 Å². The van der Waals surface area contributed by atoms with Gasteiger partial charge < -0.3 is 5.32 Å². The van der Waals surface area contributed by atoms with E-state index in [1.807, 2.05) is 19.9 Å². The van der Waals surface area contributed by atoms with E-state index < -0.39 is 15.8 Å². The van der Waals surface area contributed by atoms with Crippen LogP contribution in [0.4, 0.5) is 10.2 Å². The highest BCUT2D eigenvalue weighted by Gasteiger charge is 2.16. The van der Waals surface area contributed by atoms with Crippen LogP contribution in [-0.4, -0.2) is 41.3 Å². The summed E-state index contributed by atoms with van der Waals surface area (Å²) in [4.78, 5) is 8.80. The smallest absolute Gasteiger partial charge is 0.240 e. The van der Waals surface area contributed by atoms with E-state index in [0.717, 1.165) is 17.5 Å². The minimum absolute atomic E-state index is 0.0589. The highest BCUT2D eigenvalue weighted by Crippen LogP contribution is 2.16. The molecule has 0 saturated carbocycles. The van der Waals surface area contributed by atoms with Crippen LogP contribution in [0.15, 0.2) is 35.2 Å². The molecule has 8 nitrogen and oxygen atoms in total. The maximum absolute atomic E-state index is 13.2. The number of aryl methyl sites for hydroxylation is 4. The maximum atomic E-state index is 13.2. The van der Waals surface area contributed by atoms with Gasteiger partial charge in [0.25, 0.3) is 0 Å². The molecular weight excluding hydrogens is 395 g/mol. The SMILES string of the molecule is Cc1cc(C)n(-c2cc(NCCNS(=O)(=O)c3ccc(F)cc3C)nc(C)n2)n1. The fraction of sp³-hybridized carbons (Fsp3) is 0.316. The zero-order chi connectivity index (χ0) is 21.2. The Bertz CT molecular complexity index is 1140. The summed E-state index contributed by atoms with van der Waals surface area (Å²) in [5.74, 6) is 1.30. The predicted octanol–water partition coefficient (Wildman–Crippen LogP) is 2.43. The first kappa shape index (κ1) is 20.9. The molecule has 0 bridgehead atoms. The number of aromatic nitrogens is 4. The third-order valence-corrected chi connectivity index (χ3v) is 5.82. The molecule has 0 aliphatic carbocycles. The molecule has 0 aliphatic rings. The molecule has 0 radical (unpaired) electrons. The molecule has 0 fully saturated rings. The second kappa shape index (κ2) is 8.26. The second-order valence-corrected chi connectivity index (χ2v) is 8.47. The van der Waals surface area contributed by atoms with E-state index >= 15 is 0 Å². The monoisotopic (exact) mass is 418 g/mol. The van der Waals surface area contributed by atoms with Crippen LogP contribution in [-0.2, 0) is 10.0 Å². The highest BCUT2D eigenvalue weighted by atomic mass is 32.2. The fourth-order valence-corrected chi connectivity index (χ4v) is 4.24. The Morgan fingerprint density at radius 3 is 2.45 bits per heavy atom. The van der Waals surface area contributed by atoms with Crippen molar-refractivity contribution in [1.82, 2.24) is 24.5 Å². The van der Waals surface area contributed by atoms with Crippen molar-refractivity contribution in [3.63, 3.8) is 0 Å². The molecule has 2 N–H and O–H groups in total. The Morgan fingerprint density at radius 1 is 1.03 bits per heavy atom. The molecular formula is C19H23FN6O2S. The third-order valence-electron chi connectivity index (χ3n) is 4.20. The number of hydrogen-bond acceptors (Lipinski definition) is 6. The molecule has 10 heteroatoms. The van der Waals surface area contributed by atoms with E-state index in [0.29, 0.717) is 29.6 Å². The van der Waals surface area contributed by atoms with Gasteiger partial charge in [0.1, 0.15) is 17.5 Å². The van der Waals surface area contributed by atoms with E-state index in [2.05, 4.69) is 25.1 Å². The van der Waals surface area contributed by atoms with Gasteiger partial charge >= 0.3 is 0 Å². The number of sulfonamides is 1. The largest absolute Gasteiger partial charge is 0.369 e. The Kier molecular flexibility index (Phi) is 5.94. The number of nitrogens with one attached hydrogen (secondary N) is 2. The Morgan fingerprint density at radius 2 is 1.79 bits per heavy atom. The fourth-order valence-electron chi connectivity index (χ4n) is 2.98. The number of benzene rings is 1. The Balaban J connectivity index is 1.65. The van der Waals surface area contributed by atoms with Crippen LogP contribution in [0.25, 0.3) is 5.82 Å². The minimum atomic E-state index is -3.73. The predicted molar refractivity (Wildman–Crippen MR) is 108 cm³/mol. The first-order valence-corrected chi connectivity index (χ1v) is 10.5. The normalized spacial score (nSPS) is 11.6. The second-order valence-electron chi connectivity index (χ2n) is 6.73. The van der Waals surface area contributed by atoms with E-state index in [4.69, 9.17) is 0 Å². The molecule has 0 aliphatic heterocycles. The maximum Gasteiger partial charge on any atom is 0.240 e. The van der Waals surface area contributed by atoms with Crippen molar-refractivity contribution >= 4 is 15.8 Å². The van der Waals surface area contributed by atoms with Crippen molar-refractivity contribution in [3.05, 3.63) is 58.9 Å². The first-order chi connectivity index (χ1) is 13.7. The average Bonchev–Trinajstić information content (AvgIpc) is 2.96. The Hall–Kier alpha value is -2.85. The topological polar surface area (TPSA) is 102 Å². The van der Waals surface area contributed by atoms with Crippen LogP contribution in [0.2, 0.25) is 0 Å². The molecule has 29 heavy (non-hydrogen) atoms. The summed E-state index contributed by atoms with van der Waals surface area (Å²) in [6, 6.07) is 7.29. The number of rotatable bonds is 7. The number of nitrogens with zero attached hydrogens (tertiary/aromatic N) is 4. The summed E-state index contributed by atoms with van der Waals surface area (Å²) in [7, 11) is -3.73. The minimum Gasteiger partial charge on any atom is -0.369 e. The molecule has 0 saturated heterocycles. The molecule has 3 rings (SSSR count). The van der Waals surface area contributed by atoms with E-state index in [1.165, 1.54) is 12.1 Å². The van der Waals surface area contributed by atoms with Gasteiger partial charge in [0.2, 0.25) is 10.0 Å². The van der Waals surface area contributed by atoms with Gasteiger partial charge in [-0.25, -0.2) is 32.2 Å². The van der Waals surface area contributed by atoms with Gasteiger partial charge in [0.15, 0.2) is 5.82 Å². The summed E-state index contributed by atoms with van der Waals surface area (Å²) >= 11 is 0. The summed E-state index contributed by atoms with van der Waals surface area (Å²) in [5, 5.41) is 7.51. The molecule has 2 aromatic heterocycles. The van der Waals surface area contributed by atoms with Crippen LogP contribution in [0.1, 0.15) is 22.8 Å². The summed E-state index contributed by atoms with van der Waals surface area (Å²) in [6.45, 7) is 7.63. The molecule has 2 heterocycles. The van der Waals surface area contributed by atoms with Crippen LogP contribution in [0.3, 0.4) is 0 Å². The van der Waals surface area contributed by atoms with Gasteiger partial charge in [-0.15, -0.1) is 0 Å². The van der Waals surface area contributed by atoms with Crippen molar-refractivity contribution in [2.75, 3.05) is 18.4 Å². The van der Waals surface area contributed by atoms with Crippen molar-refractivity contribution in [1.29, 1.82) is 0 Å². The van der Waals surface area contributed by atoms with E-state index in [1.54, 1.807) is 24.6 Å². The summed E-state index contributed by atoms with van der Waals surface area (Å²) < 4.78 is 42.3. The molecule has 0 unspecified atom stereocenters. The van der Waals surface area contributed by atoms with Crippen molar-refractivity contribution in [2.24, 2.45) is 0 Å². The lowest BCUT2D eigenvalue weighted by Gasteiger charge is -2.11. The van der Waals surface area contributed by atoms with Crippen molar-refractivity contribution < 1.29 is 12.8 Å². The van der Waals surface area contributed by atoms with Crippen molar-refractivity contribution in [2.45, 2.75) is 32.6 Å². The van der Waals surface area contributed by atoms with Gasteiger partial charge in [-0.1, -0.05) is 0 Å². The number of anilines is 1. The zero-order valence-electron chi connectivity index (χ0n) is 16.7. The standard InChI is InChI=1S/C19H23FN6O2S/c1-12-9-16(20)5-6-17(12)29(27,28)22-8-7-21-18-11-19(24-15(4)23-18)26-14(3)10-13(2)25-26/h5-6,9-11,22H,7-8H2,1-4H3,(H,21,23,24). The summed E-state index contributed by atoms with van der Waals surface area (Å²) in [5.41, 5.74) is 2.19. The van der Waals surface area contributed by atoms with E-state index in [9.17, 15) is 12.8 Å². The molecule has 0 atom stereocenters. The third kappa shape index (κ3) is 4.96.